The fraction of sp³-hybridized carbons (Fsp3) is 0.476. The number of amides is 1. The molecule has 1 fully saturated rings. The van der Waals surface area contributed by atoms with E-state index in [0.717, 1.165) is 6.42 Å². The van der Waals surface area contributed by atoms with Crippen molar-refractivity contribution in [2.24, 2.45) is 11.8 Å². The number of piperidine rings is 1. The molecular weight excluding hydrogens is 412 g/mol. The topological polar surface area (TPSA) is 68.7 Å². The number of aromatic nitrogens is 1. The van der Waals surface area contributed by atoms with E-state index in [2.05, 4.69) is 18.8 Å². The minimum Gasteiger partial charge on any atom is -0.486 e. The third-order valence-electron chi connectivity index (χ3n) is 4.75. The van der Waals surface area contributed by atoms with Crippen LogP contribution in [0.2, 0.25) is 5.02 Å². The minimum atomic E-state index is -0.524. The maximum Gasteiger partial charge on any atom is 0.350 e. The second kappa shape index (κ2) is 9.59. The molecule has 2 unspecified atom stereocenters. The lowest BCUT2D eigenvalue weighted by Gasteiger charge is -2.34. The summed E-state index contributed by atoms with van der Waals surface area (Å²) >= 11 is 7.08. The molecule has 0 N–H and O–H groups in total. The molecule has 1 aromatic carbocycles. The number of carbonyl (C=O) groups excluding carboxylic acids is 2. The first-order valence-electron chi connectivity index (χ1n) is 9.61. The van der Waals surface area contributed by atoms with Crippen LogP contribution < -0.4 is 4.74 Å². The number of nitrogens with zero attached hydrogens (tertiary/aromatic N) is 2. The van der Waals surface area contributed by atoms with Crippen LogP contribution in [0.5, 0.6) is 5.75 Å². The van der Waals surface area contributed by atoms with Crippen LogP contribution in [0, 0.1) is 18.8 Å². The molecule has 0 saturated carbocycles. The van der Waals surface area contributed by atoms with Crippen LogP contribution in [0.1, 0.15) is 40.6 Å². The molecule has 0 aliphatic carbocycles. The summed E-state index contributed by atoms with van der Waals surface area (Å²) in [6, 6.07) is 7.03. The van der Waals surface area contributed by atoms with E-state index in [1.165, 1.54) is 11.3 Å². The van der Waals surface area contributed by atoms with Crippen molar-refractivity contribution in [2.45, 2.75) is 33.8 Å². The molecule has 8 heteroatoms. The summed E-state index contributed by atoms with van der Waals surface area (Å²) in [5.74, 6) is 0.923. The van der Waals surface area contributed by atoms with Gasteiger partial charge in [-0.3, -0.25) is 4.79 Å². The summed E-state index contributed by atoms with van der Waals surface area (Å²) in [4.78, 5) is 31.4. The molecule has 0 bridgehead atoms. The van der Waals surface area contributed by atoms with E-state index < -0.39 is 5.97 Å². The summed E-state index contributed by atoms with van der Waals surface area (Å²) in [5.41, 5.74) is 0.572. The number of carbonyl (C=O) groups is 2. The summed E-state index contributed by atoms with van der Waals surface area (Å²) in [6.07, 6.45) is 1.12. The van der Waals surface area contributed by atoms with E-state index in [9.17, 15) is 9.59 Å². The van der Waals surface area contributed by atoms with Crippen LogP contribution >= 0.6 is 22.9 Å². The van der Waals surface area contributed by atoms with Crippen molar-refractivity contribution in [1.82, 2.24) is 9.88 Å². The normalized spacial score (nSPS) is 19.1. The molecule has 2 aromatic rings. The Balaban J connectivity index is 1.53. The van der Waals surface area contributed by atoms with E-state index in [1.54, 1.807) is 36.1 Å². The Kier molecular flexibility index (Phi) is 7.14. The van der Waals surface area contributed by atoms with Gasteiger partial charge in [0.15, 0.2) is 6.61 Å². The lowest BCUT2D eigenvalue weighted by atomic mass is 9.92. The van der Waals surface area contributed by atoms with Gasteiger partial charge in [-0.1, -0.05) is 25.4 Å². The van der Waals surface area contributed by atoms with Crippen LogP contribution in [0.15, 0.2) is 24.3 Å². The third-order valence-corrected chi connectivity index (χ3v) is 6.11. The van der Waals surface area contributed by atoms with E-state index in [0.29, 0.717) is 51.3 Å². The highest BCUT2D eigenvalue weighted by atomic mass is 35.5. The number of benzene rings is 1. The second-order valence-electron chi connectivity index (χ2n) is 7.59. The number of aryl methyl sites for hydroxylation is 1. The maximum absolute atomic E-state index is 12.4. The molecule has 1 aliphatic rings. The Bertz CT molecular complexity index is 858. The van der Waals surface area contributed by atoms with Crippen LogP contribution in [0.4, 0.5) is 0 Å². The number of hydrogen-bond donors (Lipinski definition) is 0. The molecule has 156 valence electrons. The largest absolute Gasteiger partial charge is 0.486 e. The van der Waals surface area contributed by atoms with Gasteiger partial charge in [0.05, 0.1) is 5.69 Å². The molecular formula is C21H25ClN2O4S. The highest BCUT2D eigenvalue weighted by Gasteiger charge is 2.26. The average molecular weight is 437 g/mol. The van der Waals surface area contributed by atoms with Crippen molar-refractivity contribution in [2.75, 3.05) is 19.7 Å². The van der Waals surface area contributed by atoms with Crippen molar-refractivity contribution in [3.05, 3.63) is 44.9 Å². The molecule has 3 rings (SSSR count). The van der Waals surface area contributed by atoms with Crippen molar-refractivity contribution in [1.29, 1.82) is 0 Å². The summed E-state index contributed by atoms with van der Waals surface area (Å²) < 4.78 is 10.9. The number of likely N-dealkylation sites (tertiary alicyclic amines) is 1. The molecule has 1 aromatic heterocycles. The summed E-state index contributed by atoms with van der Waals surface area (Å²) in [7, 11) is 0. The van der Waals surface area contributed by atoms with E-state index in [4.69, 9.17) is 21.1 Å². The standard InChI is InChI=1S/C21H25ClN2O4S/c1-13-8-14(2)10-24(9-13)19(25)12-28-21(26)20-15(3)23-18(29-20)11-27-17-6-4-16(22)5-7-17/h4-7,13-14H,8-12H2,1-3H3. The maximum atomic E-state index is 12.4. The lowest BCUT2D eigenvalue weighted by Crippen LogP contribution is -2.44. The number of thiazole rings is 1. The Morgan fingerprint density at radius 1 is 1.21 bits per heavy atom. The first-order valence-corrected chi connectivity index (χ1v) is 10.8. The SMILES string of the molecule is Cc1nc(COc2ccc(Cl)cc2)sc1C(=O)OCC(=O)N1CC(C)CC(C)C1. The highest BCUT2D eigenvalue weighted by Crippen LogP contribution is 2.23. The van der Waals surface area contributed by atoms with E-state index >= 15 is 0 Å². The third kappa shape index (κ3) is 5.93. The number of hydrogen-bond acceptors (Lipinski definition) is 6. The first kappa shape index (κ1) is 21.6. The van der Waals surface area contributed by atoms with Crippen LogP contribution in [-0.2, 0) is 16.1 Å². The van der Waals surface area contributed by atoms with Gasteiger partial charge in [-0.05, 0) is 49.4 Å². The zero-order valence-corrected chi connectivity index (χ0v) is 18.4. The molecule has 0 radical (unpaired) electrons. The van der Waals surface area contributed by atoms with Gasteiger partial charge in [0, 0.05) is 18.1 Å². The summed E-state index contributed by atoms with van der Waals surface area (Å²) in [6.45, 7) is 7.44. The predicted molar refractivity (Wildman–Crippen MR) is 112 cm³/mol. The van der Waals surface area contributed by atoms with Crippen molar-refractivity contribution >= 4 is 34.8 Å². The van der Waals surface area contributed by atoms with Gasteiger partial charge in [-0.2, -0.15) is 0 Å². The molecule has 29 heavy (non-hydrogen) atoms. The smallest absolute Gasteiger partial charge is 0.350 e. The highest BCUT2D eigenvalue weighted by molar-refractivity contribution is 7.13. The van der Waals surface area contributed by atoms with Crippen LogP contribution in [0.3, 0.4) is 0 Å². The van der Waals surface area contributed by atoms with Gasteiger partial charge in [-0.15, -0.1) is 11.3 Å². The van der Waals surface area contributed by atoms with Gasteiger partial charge in [0.25, 0.3) is 5.91 Å². The Morgan fingerprint density at radius 3 is 2.52 bits per heavy atom. The molecule has 0 spiro atoms. The number of halogens is 1. The molecule has 2 atom stereocenters. The van der Waals surface area contributed by atoms with E-state index in [1.807, 2.05) is 0 Å². The Hall–Kier alpha value is -2.12. The predicted octanol–water partition coefficient (Wildman–Crippen LogP) is 4.35. The minimum absolute atomic E-state index is 0.148. The number of rotatable bonds is 6. The molecule has 1 aliphatic heterocycles. The molecule has 2 heterocycles. The fourth-order valence-electron chi connectivity index (χ4n) is 3.53. The van der Waals surface area contributed by atoms with Gasteiger partial charge in [-0.25, -0.2) is 9.78 Å². The molecule has 1 saturated heterocycles. The lowest BCUT2D eigenvalue weighted by molar-refractivity contribution is -0.137. The zero-order chi connectivity index (χ0) is 21.0. The number of esters is 1. The average Bonchev–Trinajstić information content (AvgIpc) is 3.05. The second-order valence-corrected chi connectivity index (χ2v) is 9.11. The fourth-order valence-corrected chi connectivity index (χ4v) is 4.53. The van der Waals surface area contributed by atoms with Gasteiger partial charge >= 0.3 is 5.97 Å². The van der Waals surface area contributed by atoms with Gasteiger partial charge in [0.2, 0.25) is 0 Å². The van der Waals surface area contributed by atoms with Crippen molar-refractivity contribution in [3.63, 3.8) is 0 Å². The molecule has 1 amide bonds. The Morgan fingerprint density at radius 2 is 1.86 bits per heavy atom. The Labute approximate surface area is 179 Å². The summed E-state index contributed by atoms with van der Waals surface area (Å²) in [5, 5.41) is 1.30. The monoisotopic (exact) mass is 436 g/mol. The van der Waals surface area contributed by atoms with Gasteiger partial charge in [0.1, 0.15) is 22.2 Å². The van der Waals surface area contributed by atoms with Crippen molar-refractivity contribution < 1.29 is 19.1 Å². The van der Waals surface area contributed by atoms with Crippen molar-refractivity contribution in [3.8, 4) is 5.75 Å². The van der Waals surface area contributed by atoms with Gasteiger partial charge < -0.3 is 14.4 Å². The number of ether oxygens (including phenoxy) is 2. The zero-order valence-electron chi connectivity index (χ0n) is 16.8. The van der Waals surface area contributed by atoms with Crippen LogP contribution in [-0.4, -0.2) is 41.5 Å². The van der Waals surface area contributed by atoms with E-state index in [-0.39, 0.29) is 19.1 Å². The molecule has 6 nitrogen and oxygen atoms in total. The quantitative estimate of drug-likeness (QED) is 0.630. The first-order chi connectivity index (χ1) is 13.8. The van der Waals surface area contributed by atoms with Crippen LogP contribution in [0.25, 0.3) is 0 Å².